The number of aliphatic hydroxyl groups is 1. The highest BCUT2D eigenvalue weighted by atomic mass is 16.3. The van der Waals surface area contributed by atoms with Crippen LogP contribution >= 0.6 is 0 Å². The van der Waals surface area contributed by atoms with Crippen molar-refractivity contribution in [2.24, 2.45) is 0 Å². The number of aromatic hydroxyl groups is 1. The van der Waals surface area contributed by atoms with E-state index >= 15 is 0 Å². The van der Waals surface area contributed by atoms with Crippen LogP contribution in [0.2, 0.25) is 0 Å². The number of hydrogen-bond donors (Lipinski definition) is 5. The topological polar surface area (TPSA) is 105 Å². The zero-order valence-electron chi connectivity index (χ0n) is 10.4. The van der Waals surface area contributed by atoms with Gasteiger partial charge in [0, 0.05) is 40.8 Å². The molecule has 2 aromatic rings. The van der Waals surface area contributed by atoms with Gasteiger partial charge >= 0.3 is 0 Å². The quantitative estimate of drug-likeness (QED) is 0.537. The summed E-state index contributed by atoms with van der Waals surface area (Å²) < 4.78 is 0. The molecule has 19 heavy (non-hydrogen) atoms. The molecule has 0 aromatic heterocycles. The molecule has 0 fully saturated rings. The molecule has 0 aliphatic carbocycles. The van der Waals surface area contributed by atoms with Crippen LogP contribution in [-0.2, 0) is 0 Å². The van der Waals surface area contributed by atoms with Gasteiger partial charge in [0.25, 0.3) is 0 Å². The molecule has 0 aliphatic heterocycles. The van der Waals surface area contributed by atoms with Crippen molar-refractivity contribution in [3.05, 3.63) is 36.4 Å². The van der Waals surface area contributed by atoms with Crippen molar-refractivity contribution in [2.75, 3.05) is 29.9 Å². The van der Waals surface area contributed by atoms with Gasteiger partial charge in [-0.25, -0.2) is 0 Å². The van der Waals surface area contributed by atoms with Crippen molar-refractivity contribution in [3.63, 3.8) is 0 Å². The lowest BCUT2D eigenvalue weighted by molar-refractivity contribution is 0.311. The van der Waals surface area contributed by atoms with E-state index in [0.29, 0.717) is 23.5 Å². The van der Waals surface area contributed by atoms with Gasteiger partial charge in [0.05, 0.1) is 6.61 Å². The molecule has 0 saturated heterocycles. The number of nitrogens with one attached hydrogen (secondary N) is 1. The summed E-state index contributed by atoms with van der Waals surface area (Å²) in [5.41, 5.74) is 14.7. The zero-order chi connectivity index (χ0) is 13.8. The van der Waals surface area contributed by atoms with E-state index < -0.39 is 0 Å². The summed E-state index contributed by atoms with van der Waals surface area (Å²) in [4.78, 5) is 0. The van der Waals surface area contributed by atoms with Crippen molar-refractivity contribution in [1.82, 2.24) is 0 Å². The Kier molecular flexibility index (Phi) is 3.77. The molecule has 0 bridgehead atoms. The standard InChI is InChI=1S/C14H17N3O2/c15-9-2-4-13(17-5-6-18)12(7-9)11-3-1-10(16)8-14(11)19/h1-4,7-8,17-19H,5-6,15-16H2. The van der Waals surface area contributed by atoms with Crippen LogP contribution in [0.3, 0.4) is 0 Å². The Hall–Kier alpha value is -2.40. The maximum Gasteiger partial charge on any atom is 0.125 e. The molecular formula is C14H17N3O2. The number of nitrogen functional groups attached to an aromatic ring is 2. The first-order valence-electron chi connectivity index (χ1n) is 5.95. The molecule has 2 aromatic carbocycles. The second-order valence-corrected chi connectivity index (χ2v) is 4.23. The molecule has 2 rings (SSSR count). The van der Waals surface area contributed by atoms with Gasteiger partial charge < -0.3 is 27.0 Å². The minimum absolute atomic E-state index is 0.0253. The highest BCUT2D eigenvalue weighted by Crippen LogP contribution is 2.36. The van der Waals surface area contributed by atoms with Gasteiger partial charge in [0.2, 0.25) is 0 Å². The zero-order valence-corrected chi connectivity index (χ0v) is 10.4. The van der Waals surface area contributed by atoms with Crippen molar-refractivity contribution in [3.8, 4) is 16.9 Å². The van der Waals surface area contributed by atoms with Crippen LogP contribution in [0.15, 0.2) is 36.4 Å². The third-order valence-corrected chi connectivity index (χ3v) is 2.78. The molecule has 5 nitrogen and oxygen atoms in total. The van der Waals surface area contributed by atoms with Crippen LogP contribution in [-0.4, -0.2) is 23.4 Å². The molecule has 0 spiro atoms. The largest absolute Gasteiger partial charge is 0.507 e. The summed E-state index contributed by atoms with van der Waals surface area (Å²) >= 11 is 0. The van der Waals surface area contributed by atoms with E-state index in [1.807, 2.05) is 6.07 Å². The van der Waals surface area contributed by atoms with Gasteiger partial charge in [0.15, 0.2) is 0 Å². The smallest absolute Gasteiger partial charge is 0.125 e. The number of hydrogen-bond acceptors (Lipinski definition) is 5. The molecule has 0 radical (unpaired) electrons. The molecule has 0 amide bonds. The van der Waals surface area contributed by atoms with Gasteiger partial charge in [-0.15, -0.1) is 0 Å². The van der Waals surface area contributed by atoms with Crippen LogP contribution in [0.25, 0.3) is 11.1 Å². The van der Waals surface area contributed by atoms with Crippen LogP contribution in [0, 0.1) is 0 Å². The molecule has 7 N–H and O–H groups in total. The first-order chi connectivity index (χ1) is 9.11. The first kappa shape index (κ1) is 13.0. The fraction of sp³-hybridized carbons (Fsp3) is 0.143. The number of aliphatic hydroxyl groups excluding tert-OH is 1. The van der Waals surface area contributed by atoms with E-state index in [2.05, 4.69) is 5.32 Å². The van der Waals surface area contributed by atoms with Crippen LogP contribution in [0.4, 0.5) is 17.1 Å². The minimum Gasteiger partial charge on any atom is -0.507 e. The normalized spacial score (nSPS) is 10.4. The Balaban J connectivity index is 2.49. The number of anilines is 3. The number of benzene rings is 2. The van der Waals surface area contributed by atoms with E-state index in [-0.39, 0.29) is 12.4 Å². The number of nitrogens with two attached hydrogens (primary N) is 2. The molecule has 5 heteroatoms. The molecule has 100 valence electrons. The van der Waals surface area contributed by atoms with Crippen molar-refractivity contribution < 1.29 is 10.2 Å². The maximum atomic E-state index is 9.99. The van der Waals surface area contributed by atoms with Crippen molar-refractivity contribution >= 4 is 17.1 Å². The molecule has 0 aliphatic rings. The summed E-state index contributed by atoms with van der Waals surface area (Å²) in [6.45, 7) is 0.449. The fourth-order valence-electron chi connectivity index (χ4n) is 1.91. The molecule has 0 heterocycles. The SMILES string of the molecule is Nc1ccc(-c2cc(N)ccc2NCCO)c(O)c1. The van der Waals surface area contributed by atoms with Crippen LogP contribution < -0.4 is 16.8 Å². The van der Waals surface area contributed by atoms with Gasteiger partial charge in [-0.3, -0.25) is 0 Å². The minimum atomic E-state index is 0.0253. The highest BCUT2D eigenvalue weighted by molar-refractivity contribution is 5.84. The summed E-state index contributed by atoms with van der Waals surface area (Å²) in [7, 11) is 0. The molecular weight excluding hydrogens is 242 g/mol. The summed E-state index contributed by atoms with van der Waals surface area (Å²) in [6.07, 6.45) is 0. The van der Waals surface area contributed by atoms with Gasteiger partial charge in [0.1, 0.15) is 5.75 Å². The van der Waals surface area contributed by atoms with Gasteiger partial charge in [-0.1, -0.05) is 0 Å². The Labute approximate surface area is 111 Å². The van der Waals surface area contributed by atoms with E-state index in [9.17, 15) is 5.11 Å². The van der Waals surface area contributed by atoms with Gasteiger partial charge in [-0.2, -0.15) is 0 Å². The lowest BCUT2D eigenvalue weighted by Gasteiger charge is -2.14. The van der Waals surface area contributed by atoms with E-state index in [4.69, 9.17) is 16.6 Å². The maximum absolute atomic E-state index is 9.99. The Bertz CT molecular complexity index is 585. The van der Waals surface area contributed by atoms with E-state index in [1.54, 1.807) is 24.3 Å². The summed E-state index contributed by atoms with van der Waals surface area (Å²) in [5.74, 6) is 0.0950. The number of rotatable bonds is 4. The van der Waals surface area contributed by atoms with Crippen molar-refractivity contribution in [1.29, 1.82) is 0 Å². The van der Waals surface area contributed by atoms with Crippen LogP contribution in [0.1, 0.15) is 0 Å². The summed E-state index contributed by atoms with van der Waals surface area (Å²) in [6, 6.07) is 10.3. The lowest BCUT2D eigenvalue weighted by Crippen LogP contribution is -2.06. The monoisotopic (exact) mass is 259 g/mol. The average Bonchev–Trinajstić information content (AvgIpc) is 2.37. The third-order valence-electron chi connectivity index (χ3n) is 2.78. The third kappa shape index (κ3) is 2.89. The lowest BCUT2D eigenvalue weighted by atomic mass is 10.0. The molecule has 0 atom stereocenters. The van der Waals surface area contributed by atoms with Crippen LogP contribution in [0.5, 0.6) is 5.75 Å². The molecule has 0 saturated carbocycles. The number of phenolic OH excluding ortho intramolecular Hbond substituents is 1. The fourth-order valence-corrected chi connectivity index (χ4v) is 1.91. The van der Waals surface area contributed by atoms with E-state index in [0.717, 1.165) is 11.3 Å². The second kappa shape index (κ2) is 5.49. The predicted molar refractivity (Wildman–Crippen MR) is 77.9 cm³/mol. The molecule has 0 unspecified atom stereocenters. The van der Waals surface area contributed by atoms with Crippen molar-refractivity contribution in [2.45, 2.75) is 0 Å². The Morgan fingerprint density at radius 2 is 1.63 bits per heavy atom. The predicted octanol–water partition coefficient (Wildman–Crippen LogP) is 1.63. The van der Waals surface area contributed by atoms with E-state index in [1.165, 1.54) is 6.07 Å². The van der Waals surface area contributed by atoms with Gasteiger partial charge in [-0.05, 0) is 30.3 Å². The average molecular weight is 259 g/mol. The highest BCUT2D eigenvalue weighted by Gasteiger charge is 2.10. The first-order valence-corrected chi connectivity index (χ1v) is 5.95. The number of phenols is 1. The Morgan fingerprint density at radius 3 is 2.32 bits per heavy atom. The Morgan fingerprint density at radius 1 is 0.947 bits per heavy atom. The summed E-state index contributed by atoms with van der Waals surface area (Å²) in [5, 5.41) is 22.0. The second-order valence-electron chi connectivity index (χ2n) is 4.23.